The summed E-state index contributed by atoms with van der Waals surface area (Å²) in [4.78, 5) is 50.9. The van der Waals surface area contributed by atoms with Crippen LogP contribution in [0, 0.1) is 0 Å². The number of benzene rings is 4. The van der Waals surface area contributed by atoms with Crippen LogP contribution in [0.15, 0.2) is 151 Å². The van der Waals surface area contributed by atoms with Crippen molar-refractivity contribution < 1.29 is 14.2 Å². The Morgan fingerprint density at radius 1 is 0.635 bits per heavy atom. The number of aryl methyl sites for hydroxylation is 1. The van der Waals surface area contributed by atoms with Gasteiger partial charge in [0.15, 0.2) is 6.20 Å². The minimum absolute atomic E-state index is 0.146. The van der Waals surface area contributed by atoms with Crippen LogP contribution in [0.4, 0.5) is 11.4 Å². The average Bonchev–Trinajstić information content (AvgIpc) is 3.61. The third-order valence-electron chi connectivity index (χ3n) is 11.6. The molecule has 2 saturated heterocycles. The first kappa shape index (κ1) is 40.7. The highest BCUT2D eigenvalue weighted by Crippen LogP contribution is 2.43. The van der Waals surface area contributed by atoms with Crippen LogP contribution in [-0.4, -0.2) is 90.6 Å². The number of carbonyl (C=O) groups excluding carboxylic acids is 2. The third-order valence-corrected chi connectivity index (χ3v) is 13.9. The number of amides is 2. The predicted molar refractivity (Wildman–Crippen MR) is 248 cm³/mol. The Hall–Kier alpha value is -6.32. The van der Waals surface area contributed by atoms with Crippen LogP contribution in [0.5, 0.6) is 0 Å². The van der Waals surface area contributed by atoms with E-state index in [1.165, 1.54) is 0 Å². The summed E-state index contributed by atoms with van der Waals surface area (Å²) in [7, 11) is 2.04. The van der Waals surface area contributed by atoms with Crippen LogP contribution in [-0.2, 0) is 20.1 Å². The first-order valence-corrected chi connectivity index (χ1v) is 23.0. The molecule has 6 aromatic rings. The van der Waals surface area contributed by atoms with Crippen LogP contribution >= 0.6 is 23.5 Å². The number of nitrogens with one attached hydrogen (secondary N) is 4. The van der Waals surface area contributed by atoms with Crippen LogP contribution in [0.25, 0.3) is 11.3 Å². The number of piperazine rings is 2. The van der Waals surface area contributed by atoms with Crippen molar-refractivity contribution in [3.05, 3.63) is 155 Å². The van der Waals surface area contributed by atoms with E-state index >= 15 is 0 Å². The summed E-state index contributed by atoms with van der Waals surface area (Å²) in [6.45, 7) is 7.69. The largest absolute Gasteiger partial charge is 0.354 e. The molecule has 10 rings (SSSR count). The zero-order valence-corrected chi connectivity index (χ0v) is 36.6. The maximum atomic E-state index is 13.8. The number of aromatic nitrogens is 2. The van der Waals surface area contributed by atoms with Gasteiger partial charge >= 0.3 is 0 Å². The molecule has 0 unspecified atom stereocenters. The summed E-state index contributed by atoms with van der Waals surface area (Å²) < 4.78 is 2.11. The van der Waals surface area contributed by atoms with Crippen molar-refractivity contribution in [1.29, 1.82) is 0 Å². The fourth-order valence-electron chi connectivity index (χ4n) is 8.25. The van der Waals surface area contributed by atoms with Crippen molar-refractivity contribution in [3.63, 3.8) is 0 Å². The molecule has 2 fully saturated rings. The maximum absolute atomic E-state index is 13.8. The highest BCUT2D eigenvalue weighted by molar-refractivity contribution is 7.99. The van der Waals surface area contributed by atoms with E-state index in [-0.39, 0.29) is 11.8 Å². The van der Waals surface area contributed by atoms with Gasteiger partial charge in [0.05, 0.1) is 23.6 Å². The second kappa shape index (κ2) is 18.2. The molecule has 2 aromatic heterocycles. The van der Waals surface area contributed by atoms with E-state index in [1.54, 1.807) is 29.7 Å². The Kier molecular flexibility index (Phi) is 11.8. The second-order valence-corrected chi connectivity index (χ2v) is 18.0. The zero-order chi connectivity index (χ0) is 42.7. The van der Waals surface area contributed by atoms with E-state index in [0.717, 1.165) is 129 Å². The highest BCUT2D eigenvalue weighted by atomic mass is 32.2. The Labute approximate surface area is 375 Å². The molecule has 14 heteroatoms. The SMILES string of the molecule is C[n+]1ccc(CNC(=O)c2ccc3c(c2)N=C(N2CCNCC2)c2ccccc2S3)cc1-c1ccc2c(c1)Sc1ccc(C(=O)NCc3ccccn3)cc1N=C2N1CCNCC1. The van der Waals surface area contributed by atoms with Crippen molar-refractivity contribution in [2.24, 2.45) is 17.0 Å². The van der Waals surface area contributed by atoms with Crippen LogP contribution in [0.2, 0.25) is 0 Å². The third kappa shape index (κ3) is 8.85. The van der Waals surface area contributed by atoms with Crippen molar-refractivity contribution in [2.75, 3.05) is 52.4 Å². The van der Waals surface area contributed by atoms with Crippen molar-refractivity contribution in [2.45, 2.75) is 32.7 Å². The highest BCUT2D eigenvalue weighted by Gasteiger charge is 2.27. The minimum atomic E-state index is -0.169. The lowest BCUT2D eigenvalue weighted by molar-refractivity contribution is -0.660. The Bertz CT molecular complexity index is 2780. The number of aliphatic imine (C=N–C) groups is 2. The van der Waals surface area contributed by atoms with E-state index in [1.807, 2.05) is 73.9 Å². The monoisotopic (exact) mass is 871 g/mol. The predicted octanol–water partition coefficient (Wildman–Crippen LogP) is 6.33. The molecule has 4 aliphatic rings. The number of nitrogens with zero attached hydrogens (tertiary/aromatic N) is 6. The molecule has 4 aliphatic heterocycles. The number of amidine groups is 2. The van der Waals surface area contributed by atoms with Crippen LogP contribution in [0.3, 0.4) is 0 Å². The molecule has 0 atom stereocenters. The lowest BCUT2D eigenvalue weighted by atomic mass is 10.0. The van der Waals surface area contributed by atoms with Crippen molar-refractivity contribution in [3.8, 4) is 11.3 Å². The summed E-state index contributed by atoms with van der Waals surface area (Å²) in [5, 5.41) is 13.1. The summed E-state index contributed by atoms with van der Waals surface area (Å²) in [5.41, 5.74) is 8.74. The first-order valence-electron chi connectivity index (χ1n) is 21.4. The standard InChI is InChI=1S/C49H46N10O2S2/c1-57-21-15-32(30-53-48(60)34-10-13-43-39(27-34)55-46(58-22-17-50-18-23-58)37-7-2-3-8-42(37)62-43)26-41(57)33-9-12-38-45(29-33)63-44-14-11-35(49(61)54-31-36-6-4-5-16-52-36)28-40(44)56-47(38)59-24-19-51-20-25-59/h2-16,21,26-29,50-51H,17-20,22-25,30-31H2,1H3,(H-,53,54,60,61)/p+1. The number of fused-ring (bicyclic) bond motifs is 4. The molecule has 12 nitrogen and oxygen atoms in total. The molecular weight excluding hydrogens is 825 g/mol. The minimum Gasteiger partial charge on any atom is -0.354 e. The van der Waals surface area contributed by atoms with Gasteiger partial charge in [0.1, 0.15) is 18.7 Å². The van der Waals surface area contributed by atoms with Gasteiger partial charge < -0.3 is 31.1 Å². The molecule has 0 radical (unpaired) electrons. The molecule has 4 aromatic carbocycles. The fraction of sp³-hybridized carbons (Fsp3) is 0.224. The Morgan fingerprint density at radius 3 is 1.89 bits per heavy atom. The maximum Gasteiger partial charge on any atom is 0.251 e. The molecule has 63 heavy (non-hydrogen) atoms. The van der Waals surface area contributed by atoms with Crippen molar-refractivity contribution >= 4 is 58.4 Å². The first-order chi connectivity index (χ1) is 30.9. The number of rotatable bonds is 7. The fourth-order valence-corrected chi connectivity index (χ4v) is 10.3. The van der Waals surface area contributed by atoms with Crippen molar-refractivity contribution in [1.82, 2.24) is 36.1 Å². The van der Waals surface area contributed by atoms with E-state index in [4.69, 9.17) is 9.98 Å². The lowest BCUT2D eigenvalue weighted by Gasteiger charge is -2.30. The van der Waals surface area contributed by atoms with E-state index in [0.29, 0.717) is 24.2 Å². The molecule has 0 bridgehead atoms. The van der Waals surface area contributed by atoms with Gasteiger partial charge in [-0.3, -0.25) is 14.6 Å². The zero-order valence-electron chi connectivity index (χ0n) is 34.9. The summed E-state index contributed by atoms with van der Waals surface area (Å²) >= 11 is 3.37. The van der Waals surface area contributed by atoms with Crippen LogP contribution in [0.1, 0.15) is 43.1 Å². The second-order valence-electron chi connectivity index (χ2n) is 15.8. The molecular formula is C49H47N10O2S2+. The van der Waals surface area contributed by atoms with Gasteiger partial charge in [-0.1, -0.05) is 47.8 Å². The molecule has 0 saturated carbocycles. The normalized spacial score (nSPS) is 15.6. The van der Waals surface area contributed by atoms with Gasteiger partial charge in [-0.2, -0.15) is 0 Å². The lowest BCUT2D eigenvalue weighted by Crippen LogP contribution is -2.46. The van der Waals surface area contributed by atoms with E-state index < -0.39 is 0 Å². The average molecular weight is 872 g/mol. The van der Waals surface area contributed by atoms with Gasteiger partial charge in [-0.25, -0.2) is 14.6 Å². The molecule has 4 N–H and O–H groups in total. The Balaban J connectivity index is 0.890. The van der Waals surface area contributed by atoms with E-state index in [2.05, 4.69) is 89.1 Å². The quantitative estimate of drug-likeness (QED) is 0.136. The number of hydrogen-bond acceptors (Lipinski definition) is 11. The van der Waals surface area contributed by atoms with Crippen LogP contribution < -0.4 is 25.8 Å². The van der Waals surface area contributed by atoms with Gasteiger partial charge in [0.25, 0.3) is 11.8 Å². The van der Waals surface area contributed by atoms with Gasteiger partial charge in [-0.05, 0) is 78.4 Å². The van der Waals surface area contributed by atoms with Gasteiger partial charge in [0, 0.05) is 125 Å². The number of carbonyl (C=O) groups is 2. The summed E-state index contributed by atoms with van der Waals surface area (Å²) in [6, 6.07) is 36.4. The smallest absolute Gasteiger partial charge is 0.251 e. The number of hydrogen-bond donors (Lipinski definition) is 4. The summed E-state index contributed by atoms with van der Waals surface area (Å²) in [5.74, 6) is 1.55. The Morgan fingerprint density at radius 2 is 1.24 bits per heavy atom. The van der Waals surface area contributed by atoms with E-state index in [9.17, 15) is 9.59 Å². The molecule has 0 aliphatic carbocycles. The van der Waals surface area contributed by atoms with Gasteiger partial charge in [-0.15, -0.1) is 0 Å². The molecule has 316 valence electrons. The number of pyridine rings is 2. The molecule has 2 amide bonds. The molecule has 6 heterocycles. The topological polar surface area (TPSA) is 130 Å². The molecule has 0 spiro atoms. The summed E-state index contributed by atoms with van der Waals surface area (Å²) in [6.07, 6.45) is 3.77. The van der Waals surface area contributed by atoms with Gasteiger partial charge in [0.2, 0.25) is 5.69 Å².